The molecule has 0 bridgehead atoms. The van der Waals surface area contributed by atoms with Crippen LogP contribution in [-0.4, -0.2) is 67.7 Å². The van der Waals surface area contributed by atoms with Gasteiger partial charge in [0.05, 0.1) is 19.4 Å². The Morgan fingerprint density at radius 3 is 2.72 bits per heavy atom. The summed E-state index contributed by atoms with van der Waals surface area (Å²) in [5.74, 6) is 1.29. The van der Waals surface area contributed by atoms with E-state index in [-0.39, 0.29) is 11.3 Å². The number of ether oxygens (including phenoxy) is 2. The fraction of sp³-hybridized carbons (Fsp3) is 0.684. The molecule has 6 heteroatoms. The fourth-order valence-corrected chi connectivity index (χ4v) is 4.32. The van der Waals surface area contributed by atoms with Crippen LogP contribution in [0.4, 0.5) is 0 Å². The predicted octanol–water partition coefficient (Wildman–Crippen LogP) is 1.80. The fourth-order valence-electron chi connectivity index (χ4n) is 4.32. The van der Waals surface area contributed by atoms with Crippen LogP contribution in [0.1, 0.15) is 25.5 Å². The van der Waals surface area contributed by atoms with E-state index in [1.54, 1.807) is 21.1 Å². The molecule has 138 valence electrons. The molecule has 0 aliphatic carbocycles. The topological polar surface area (TPSA) is 54.9 Å². The molecule has 25 heavy (non-hydrogen) atoms. The number of likely N-dealkylation sites (tertiary alicyclic amines) is 2. The van der Waals surface area contributed by atoms with Crippen LogP contribution in [0.25, 0.3) is 0 Å². The van der Waals surface area contributed by atoms with E-state index < -0.39 is 0 Å². The van der Waals surface area contributed by atoms with E-state index in [2.05, 4.69) is 9.88 Å². The number of hydrogen-bond acceptors (Lipinski definition) is 5. The van der Waals surface area contributed by atoms with E-state index in [9.17, 15) is 4.79 Å². The smallest absolute Gasteiger partial charge is 0.219 e. The highest BCUT2D eigenvalue weighted by Gasteiger charge is 2.48. The van der Waals surface area contributed by atoms with Crippen LogP contribution in [0.5, 0.6) is 5.88 Å². The Morgan fingerprint density at radius 1 is 1.32 bits per heavy atom. The second-order valence-corrected chi connectivity index (χ2v) is 7.36. The summed E-state index contributed by atoms with van der Waals surface area (Å²) in [5.41, 5.74) is 1.25. The Bertz CT molecular complexity index is 599. The molecule has 3 heterocycles. The Hall–Kier alpha value is -1.66. The van der Waals surface area contributed by atoms with Crippen molar-refractivity contribution in [2.45, 2.75) is 26.3 Å². The summed E-state index contributed by atoms with van der Waals surface area (Å²) < 4.78 is 10.7. The summed E-state index contributed by atoms with van der Waals surface area (Å²) in [6, 6.07) is 5.91. The lowest BCUT2D eigenvalue weighted by Gasteiger charge is -2.42. The number of rotatable bonds is 5. The monoisotopic (exact) mass is 347 g/mol. The summed E-state index contributed by atoms with van der Waals surface area (Å²) in [6.45, 7) is 7.03. The van der Waals surface area contributed by atoms with Crippen LogP contribution in [0.2, 0.25) is 0 Å². The zero-order valence-electron chi connectivity index (χ0n) is 15.5. The third-order valence-corrected chi connectivity index (χ3v) is 5.85. The van der Waals surface area contributed by atoms with E-state index >= 15 is 0 Å². The molecule has 0 aromatic carbocycles. The van der Waals surface area contributed by atoms with Crippen LogP contribution in [0.3, 0.4) is 0 Å². The lowest BCUT2D eigenvalue weighted by Crippen LogP contribution is -2.45. The van der Waals surface area contributed by atoms with Gasteiger partial charge >= 0.3 is 0 Å². The molecule has 0 saturated carbocycles. The highest BCUT2D eigenvalue weighted by Crippen LogP contribution is 2.45. The van der Waals surface area contributed by atoms with E-state index in [4.69, 9.17) is 9.47 Å². The molecular formula is C19H29N3O3. The first-order chi connectivity index (χ1) is 12.1. The Morgan fingerprint density at radius 2 is 2.08 bits per heavy atom. The molecule has 2 aliphatic heterocycles. The average molecular weight is 347 g/mol. The molecule has 1 aromatic heterocycles. The second-order valence-electron chi connectivity index (χ2n) is 7.36. The Labute approximate surface area is 150 Å². The normalized spacial score (nSPS) is 23.2. The Kier molecular flexibility index (Phi) is 5.59. The third-order valence-electron chi connectivity index (χ3n) is 5.85. The van der Waals surface area contributed by atoms with Crippen molar-refractivity contribution in [1.29, 1.82) is 0 Å². The standard InChI is InChI=1S/C19H29N3O3/c1-15(23)22-11-16(13-24-2)19(14-22)7-9-21(10-8-19)12-17-5-4-6-18(20-17)25-3/h4-6,16H,7-14H2,1-3H3. The molecule has 0 radical (unpaired) electrons. The van der Waals surface area contributed by atoms with Crippen molar-refractivity contribution in [2.24, 2.45) is 11.3 Å². The van der Waals surface area contributed by atoms with Gasteiger partial charge in [-0.25, -0.2) is 4.98 Å². The molecule has 1 spiro atoms. The first-order valence-electron chi connectivity index (χ1n) is 9.03. The van der Waals surface area contributed by atoms with E-state index in [1.165, 1.54) is 0 Å². The van der Waals surface area contributed by atoms with Gasteiger partial charge in [-0.2, -0.15) is 0 Å². The highest BCUT2D eigenvalue weighted by atomic mass is 16.5. The maximum atomic E-state index is 11.8. The number of piperidine rings is 1. The van der Waals surface area contributed by atoms with Crippen molar-refractivity contribution >= 4 is 5.91 Å². The van der Waals surface area contributed by atoms with Gasteiger partial charge in [0.1, 0.15) is 0 Å². The van der Waals surface area contributed by atoms with Crippen molar-refractivity contribution < 1.29 is 14.3 Å². The van der Waals surface area contributed by atoms with Crippen molar-refractivity contribution in [3.05, 3.63) is 23.9 Å². The zero-order chi connectivity index (χ0) is 17.9. The number of carbonyl (C=O) groups excluding carboxylic acids is 1. The van der Waals surface area contributed by atoms with Crippen LogP contribution >= 0.6 is 0 Å². The lowest BCUT2D eigenvalue weighted by atomic mass is 9.71. The van der Waals surface area contributed by atoms with Gasteiger partial charge < -0.3 is 14.4 Å². The van der Waals surface area contributed by atoms with Gasteiger partial charge in [-0.1, -0.05) is 6.07 Å². The van der Waals surface area contributed by atoms with Crippen LogP contribution in [-0.2, 0) is 16.1 Å². The van der Waals surface area contributed by atoms with Gasteiger partial charge in [-0.05, 0) is 37.4 Å². The van der Waals surface area contributed by atoms with E-state index in [0.29, 0.717) is 11.8 Å². The molecule has 2 saturated heterocycles. The molecule has 0 N–H and O–H groups in total. The SMILES string of the molecule is COCC1CN(C(C)=O)CC12CCN(Cc1cccc(OC)n1)CC2. The van der Waals surface area contributed by atoms with Crippen molar-refractivity contribution in [2.75, 3.05) is 47.0 Å². The maximum absolute atomic E-state index is 11.8. The minimum absolute atomic E-state index is 0.181. The lowest BCUT2D eigenvalue weighted by molar-refractivity contribution is -0.128. The van der Waals surface area contributed by atoms with Crippen LogP contribution < -0.4 is 4.74 Å². The first-order valence-corrected chi connectivity index (χ1v) is 9.03. The first kappa shape index (κ1) is 18.1. The quantitative estimate of drug-likeness (QED) is 0.813. The van der Waals surface area contributed by atoms with Crippen molar-refractivity contribution in [1.82, 2.24) is 14.8 Å². The molecular weight excluding hydrogens is 318 g/mol. The number of amides is 1. The number of hydrogen-bond donors (Lipinski definition) is 0. The van der Waals surface area contributed by atoms with Gasteiger partial charge in [0, 0.05) is 45.7 Å². The van der Waals surface area contributed by atoms with Gasteiger partial charge in [0.2, 0.25) is 11.8 Å². The van der Waals surface area contributed by atoms with Crippen molar-refractivity contribution in [3.63, 3.8) is 0 Å². The number of pyridine rings is 1. The molecule has 1 atom stereocenters. The minimum Gasteiger partial charge on any atom is -0.481 e. The van der Waals surface area contributed by atoms with Gasteiger partial charge in [-0.15, -0.1) is 0 Å². The molecule has 2 aliphatic rings. The predicted molar refractivity (Wildman–Crippen MR) is 95.4 cm³/mol. The van der Waals surface area contributed by atoms with Crippen molar-refractivity contribution in [3.8, 4) is 5.88 Å². The number of carbonyl (C=O) groups is 1. The maximum Gasteiger partial charge on any atom is 0.219 e. The summed E-state index contributed by atoms with van der Waals surface area (Å²) >= 11 is 0. The molecule has 1 amide bonds. The Balaban J connectivity index is 1.62. The van der Waals surface area contributed by atoms with Gasteiger partial charge in [-0.3, -0.25) is 9.69 Å². The summed E-state index contributed by atoms with van der Waals surface area (Å²) in [7, 11) is 3.40. The summed E-state index contributed by atoms with van der Waals surface area (Å²) in [5, 5.41) is 0. The number of methoxy groups -OCH3 is 2. The molecule has 1 aromatic rings. The summed E-state index contributed by atoms with van der Waals surface area (Å²) in [4.78, 5) is 20.8. The van der Waals surface area contributed by atoms with E-state index in [0.717, 1.165) is 57.9 Å². The average Bonchev–Trinajstić information content (AvgIpc) is 2.96. The number of nitrogens with zero attached hydrogens (tertiary/aromatic N) is 3. The summed E-state index contributed by atoms with van der Waals surface area (Å²) in [6.07, 6.45) is 2.21. The molecule has 6 nitrogen and oxygen atoms in total. The van der Waals surface area contributed by atoms with Crippen LogP contribution in [0.15, 0.2) is 18.2 Å². The highest BCUT2D eigenvalue weighted by molar-refractivity contribution is 5.73. The largest absolute Gasteiger partial charge is 0.481 e. The van der Waals surface area contributed by atoms with Crippen LogP contribution in [0, 0.1) is 11.3 Å². The van der Waals surface area contributed by atoms with Gasteiger partial charge in [0.15, 0.2) is 0 Å². The van der Waals surface area contributed by atoms with E-state index in [1.807, 2.05) is 23.1 Å². The second kappa shape index (κ2) is 7.70. The minimum atomic E-state index is 0.181. The third kappa shape index (κ3) is 3.96. The number of aromatic nitrogens is 1. The zero-order valence-corrected chi connectivity index (χ0v) is 15.5. The molecule has 1 unspecified atom stereocenters. The molecule has 2 fully saturated rings. The molecule has 3 rings (SSSR count). The van der Waals surface area contributed by atoms with Gasteiger partial charge in [0.25, 0.3) is 0 Å².